The van der Waals surface area contributed by atoms with Crippen LogP contribution in [-0.2, 0) is 20.1 Å². The maximum absolute atomic E-state index is 11.9. The summed E-state index contributed by atoms with van der Waals surface area (Å²) in [6, 6.07) is 8.33. The molecule has 0 aliphatic heterocycles. The molecule has 0 saturated carbocycles. The van der Waals surface area contributed by atoms with E-state index in [0.717, 1.165) is 11.3 Å². The molecule has 4 N–H and O–H groups in total. The topological polar surface area (TPSA) is 102 Å². The molecule has 0 spiro atoms. The molecule has 0 radical (unpaired) electrons. The molecule has 128 valence electrons. The van der Waals surface area contributed by atoms with Crippen LogP contribution in [0.4, 0.5) is 0 Å². The first-order valence-electron chi connectivity index (χ1n) is 7.48. The van der Waals surface area contributed by atoms with Crippen LogP contribution < -0.4 is 11.1 Å². The van der Waals surface area contributed by atoms with Gasteiger partial charge in [-0.2, -0.15) is 11.8 Å². The zero-order valence-corrected chi connectivity index (χ0v) is 14.2. The Balaban J connectivity index is 2.35. The summed E-state index contributed by atoms with van der Waals surface area (Å²) in [5.41, 5.74) is 7.00. The highest BCUT2D eigenvalue weighted by atomic mass is 32.2. The van der Waals surface area contributed by atoms with Gasteiger partial charge in [-0.05, 0) is 19.4 Å². The van der Waals surface area contributed by atoms with Crippen LogP contribution >= 0.6 is 11.8 Å². The van der Waals surface area contributed by atoms with Crippen molar-refractivity contribution in [3.8, 4) is 0 Å². The number of benzene rings is 1. The van der Waals surface area contributed by atoms with Crippen molar-refractivity contribution in [3.63, 3.8) is 0 Å². The molecule has 0 aliphatic carbocycles. The Morgan fingerprint density at radius 1 is 1.35 bits per heavy atom. The minimum Gasteiger partial charge on any atom is -0.464 e. The van der Waals surface area contributed by atoms with Gasteiger partial charge < -0.3 is 20.9 Å². The van der Waals surface area contributed by atoms with Crippen LogP contribution in [0.3, 0.4) is 0 Å². The summed E-state index contributed by atoms with van der Waals surface area (Å²) in [6.07, 6.45) is -1.37. The number of hydrogen-bond donors (Lipinski definition) is 3. The van der Waals surface area contributed by atoms with Gasteiger partial charge in [-0.1, -0.05) is 30.3 Å². The lowest BCUT2D eigenvalue weighted by atomic mass is 10.2. The van der Waals surface area contributed by atoms with Crippen molar-refractivity contribution in [2.45, 2.75) is 37.8 Å². The van der Waals surface area contributed by atoms with Gasteiger partial charge in [0.1, 0.15) is 12.1 Å². The molecule has 7 heteroatoms. The third kappa shape index (κ3) is 7.02. The number of aliphatic hydroxyl groups is 1. The van der Waals surface area contributed by atoms with Crippen molar-refractivity contribution < 1.29 is 19.4 Å². The molecular weight excluding hydrogens is 316 g/mol. The van der Waals surface area contributed by atoms with Crippen LogP contribution in [0.5, 0.6) is 0 Å². The van der Waals surface area contributed by atoms with Crippen LogP contribution in [0.2, 0.25) is 0 Å². The second-order valence-electron chi connectivity index (χ2n) is 5.09. The van der Waals surface area contributed by atoms with Gasteiger partial charge in [-0.15, -0.1) is 0 Å². The monoisotopic (exact) mass is 340 g/mol. The first-order chi connectivity index (χ1) is 11.0. The Morgan fingerprint density at radius 3 is 2.61 bits per heavy atom. The molecule has 0 saturated heterocycles. The molecule has 0 heterocycles. The number of aliphatic hydroxyl groups excluding tert-OH is 1. The van der Waals surface area contributed by atoms with E-state index in [1.807, 2.05) is 30.3 Å². The zero-order valence-electron chi connectivity index (χ0n) is 13.4. The third-order valence-electron chi connectivity index (χ3n) is 3.09. The Labute approximate surface area is 140 Å². The van der Waals surface area contributed by atoms with E-state index >= 15 is 0 Å². The predicted molar refractivity (Wildman–Crippen MR) is 90.8 cm³/mol. The molecule has 1 aromatic carbocycles. The molecule has 0 aliphatic rings. The van der Waals surface area contributed by atoms with Gasteiger partial charge in [-0.3, -0.25) is 4.79 Å². The van der Waals surface area contributed by atoms with Crippen LogP contribution in [0.15, 0.2) is 30.3 Å². The second-order valence-corrected chi connectivity index (χ2v) is 6.12. The number of ether oxygens (including phenoxy) is 1. The lowest BCUT2D eigenvalue weighted by Crippen LogP contribution is -2.51. The van der Waals surface area contributed by atoms with Crippen LogP contribution in [0, 0.1) is 0 Å². The summed E-state index contributed by atoms with van der Waals surface area (Å²) >= 11 is 1.54. The lowest BCUT2D eigenvalue weighted by molar-refractivity contribution is -0.148. The minimum atomic E-state index is -1.37. The summed E-state index contributed by atoms with van der Waals surface area (Å²) in [6.45, 7) is 3.41. The Morgan fingerprint density at radius 2 is 2.00 bits per heavy atom. The summed E-state index contributed by atoms with van der Waals surface area (Å²) in [7, 11) is 0. The number of carbonyl (C=O) groups excluding carboxylic acids is 2. The van der Waals surface area contributed by atoms with Crippen molar-refractivity contribution in [3.05, 3.63) is 35.9 Å². The molecule has 0 fully saturated rings. The maximum atomic E-state index is 11.9. The third-order valence-corrected chi connectivity index (χ3v) is 4.25. The second kappa shape index (κ2) is 10.3. The molecule has 3 unspecified atom stereocenters. The average molecular weight is 340 g/mol. The fraction of sp³-hybridized carbons (Fsp3) is 0.500. The van der Waals surface area contributed by atoms with E-state index in [4.69, 9.17) is 10.5 Å². The Hall–Kier alpha value is -1.57. The van der Waals surface area contributed by atoms with Gasteiger partial charge in [0.2, 0.25) is 0 Å². The van der Waals surface area contributed by atoms with E-state index in [9.17, 15) is 14.7 Å². The number of amides is 1. The first kappa shape index (κ1) is 19.5. The van der Waals surface area contributed by atoms with E-state index in [1.165, 1.54) is 18.7 Å². The fourth-order valence-corrected chi connectivity index (χ4v) is 2.80. The zero-order chi connectivity index (χ0) is 17.2. The van der Waals surface area contributed by atoms with E-state index in [1.54, 1.807) is 6.92 Å². The Kier molecular flexibility index (Phi) is 8.68. The van der Waals surface area contributed by atoms with Gasteiger partial charge in [0, 0.05) is 17.5 Å². The number of carbonyl (C=O) groups is 2. The van der Waals surface area contributed by atoms with Crippen molar-refractivity contribution in [1.29, 1.82) is 0 Å². The summed E-state index contributed by atoms with van der Waals surface area (Å²) in [4.78, 5) is 23.3. The molecule has 1 rings (SSSR count). The largest absolute Gasteiger partial charge is 0.464 e. The molecule has 0 aromatic heterocycles. The van der Waals surface area contributed by atoms with Gasteiger partial charge in [0.25, 0.3) is 5.91 Å². The van der Waals surface area contributed by atoms with Gasteiger partial charge in [0.05, 0.1) is 6.61 Å². The average Bonchev–Trinajstić information content (AvgIpc) is 2.55. The highest BCUT2D eigenvalue weighted by molar-refractivity contribution is 7.98. The summed E-state index contributed by atoms with van der Waals surface area (Å²) in [5, 5.41) is 12.3. The molecular formula is C16H24N2O4S. The normalized spacial score (nSPS) is 14.6. The van der Waals surface area contributed by atoms with E-state index in [2.05, 4.69) is 5.32 Å². The standard InChI is InChI=1S/C16H24N2O4S/c1-3-22-16(21)11(2)18-15(20)14(19)13(17)10-23-9-12-7-5-4-6-8-12/h4-8,11,13-14,19H,3,9-10,17H2,1-2H3,(H,18,20). The van der Waals surface area contributed by atoms with Gasteiger partial charge >= 0.3 is 5.97 Å². The van der Waals surface area contributed by atoms with Gasteiger partial charge in [0.15, 0.2) is 0 Å². The predicted octanol–water partition coefficient (Wildman–Crippen LogP) is 0.676. The highest BCUT2D eigenvalue weighted by Crippen LogP contribution is 2.13. The van der Waals surface area contributed by atoms with Crippen LogP contribution in [-0.4, -0.2) is 47.5 Å². The number of esters is 1. The number of hydrogen-bond acceptors (Lipinski definition) is 6. The van der Waals surface area contributed by atoms with E-state index < -0.39 is 30.1 Å². The summed E-state index contributed by atoms with van der Waals surface area (Å²) < 4.78 is 4.79. The van der Waals surface area contributed by atoms with E-state index in [-0.39, 0.29) is 6.61 Å². The van der Waals surface area contributed by atoms with Crippen molar-refractivity contribution in [2.24, 2.45) is 5.73 Å². The molecule has 0 bridgehead atoms. The van der Waals surface area contributed by atoms with Crippen molar-refractivity contribution in [1.82, 2.24) is 5.32 Å². The van der Waals surface area contributed by atoms with Crippen LogP contribution in [0.25, 0.3) is 0 Å². The number of rotatable bonds is 9. The SMILES string of the molecule is CCOC(=O)C(C)NC(=O)C(O)C(N)CSCc1ccccc1. The molecule has 3 atom stereocenters. The summed E-state index contributed by atoms with van der Waals surface area (Å²) in [5.74, 6) is -0.0298. The smallest absolute Gasteiger partial charge is 0.328 e. The Bertz CT molecular complexity index is 498. The quantitative estimate of drug-likeness (QED) is 0.571. The number of thioether (sulfide) groups is 1. The molecule has 1 aromatic rings. The van der Waals surface area contributed by atoms with Crippen LogP contribution in [0.1, 0.15) is 19.4 Å². The van der Waals surface area contributed by atoms with Crippen molar-refractivity contribution >= 4 is 23.6 Å². The fourth-order valence-electron chi connectivity index (χ4n) is 1.80. The number of nitrogens with two attached hydrogens (primary N) is 1. The lowest BCUT2D eigenvalue weighted by Gasteiger charge is -2.20. The van der Waals surface area contributed by atoms with E-state index in [0.29, 0.717) is 5.75 Å². The number of nitrogens with one attached hydrogen (secondary N) is 1. The molecule has 23 heavy (non-hydrogen) atoms. The van der Waals surface area contributed by atoms with Crippen molar-refractivity contribution in [2.75, 3.05) is 12.4 Å². The molecule has 6 nitrogen and oxygen atoms in total. The van der Waals surface area contributed by atoms with Gasteiger partial charge in [-0.25, -0.2) is 4.79 Å². The maximum Gasteiger partial charge on any atom is 0.328 e. The minimum absolute atomic E-state index is 0.233. The first-order valence-corrected chi connectivity index (χ1v) is 8.63. The molecule has 1 amide bonds. The highest BCUT2D eigenvalue weighted by Gasteiger charge is 2.26.